The van der Waals surface area contributed by atoms with Crippen molar-refractivity contribution < 1.29 is 19.4 Å². The number of carboxylic acids is 1. The minimum Gasteiger partial charge on any atom is -0.477 e. The van der Waals surface area contributed by atoms with Crippen molar-refractivity contribution in [2.75, 3.05) is 13.1 Å². The van der Waals surface area contributed by atoms with Crippen LogP contribution < -0.4 is 0 Å². The molecule has 2 heterocycles. The molecule has 0 spiro atoms. The van der Waals surface area contributed by atoms with E-state index in [2.05, 4.69) is 0 Å². The summed E-state index contributed by atoms with van der Waals surface area (Å²) < 4.78 is 5.35. The number of carbonyl (C=O) groups excluding carboxylic acids is 1. The molecule has 1 aromatic rings. The van der Waals surface area contributed by atoms with Gasteiger partial charge in [-0.1, -0.05) is 0 Å². The zero-order chi connectivity index (χ0) is 14.9. The molecule has 110 valence electrons. The number of carboxylic acid groups (broad SMARTS) is 1. The number of amides is 1. The molecule has 1 aliphatic heterocycles. The van der Waals surface area contributed by atoms with Crippen molar-refractivity contribution in [2.45, 2.75) is 38.7 Å². The number of likely N-dealkylation sites (tertiary alicyclic amines) is 1. The van der Waals surface area contributed by atoms with Crippen molar-refractivity contribution in [3.63, 3.8) is 0 Å². The first-order valence-corrected chi connectivity index (χ1v) is 7.39. The molecule has 1 amide bonds. The van der Waals surface area contributed by atoms with E-state index in [0.717, 1.165) is 11.3 Å². The van der Waals surface area contributed by atoms with Crippen molar-refractivity contribution in [1.82, 2.24) is 4.90 Å². The third-order valence-corrected chi connectivity index (χ3v) is 4.32. The largest absolute Gasteiger partial charge is 0.477 e. The van der Waals surface area contributed by atoms with Gasteiger partial charge < -0.3 is 14.7 Å². The summed E-state index contributed by atoms with van der Waals surface area (Å²) in [6, 6.07) is 3.47. The molecular weight excluding hydrogens is 278 g/mol. The fourth-order valence-electron chi connectivity index (χ4n) is 2.17. The molecular formula is C14H19NO4S. The molecule has 1 aromatic heterocycles. The molecule has 20 heavy (non-hydrogen) atoms. The van der Waals surface area contributed by atoms with Crippen LogP contribution in [-0.4, -0.2) is 40.8 Å². The van der Waals surface area contributed by atoms with Crippen molar-refractivity contribution in [1.29, 1.82) is 0 Å². The van der Waals surface area contributed by atoms with E-state index in [4.69, 9.17) is 9.84 Å². The van der Waals surface area contributed by atoms with Crippen LogP contribution in [0.3, 0.4) is 0 Å². The van der Waals surface area contributed by atoms with Crippen molar-refractivity contribution >= 4 is 23.4 Å². The molecule has 0 radical (unpaired) electrons. The molecule has 1 N–H and O–H groups in total. The number of rotatable bonds is 2. The number of aromatic carboxylic acids is 1. The van der Waals surface area contributed by atoms with Crippen LogP contribution in [0.2, 0.25) is 0 Å². The van der Waals surface area contributed by atoms with Crippen LogP contribution in [0.15, 0.2) is 12.1 Å². The Hall–Kier alpha value is -1.56. The second-order valence-electron chi connectivity index (χ2n) is 5.92. The van der Waals surface area contributed by atoms with Crippen LogP contribution in [0.1, 0.15) is 47.7 Å². The smallest absolute Gasteiger partial charge is 0.410 e. The molecule has 1 fully saturated rings. The Morgan fingerprint density at radius 3 is 2.65 bits per heavy atom. The highest BCUT2D eigenvalue weighted by atomic mass is 32.1. The first-order valence-electron chi connectivity index (χ1n) is 6.57. The highest BCUT2D eigenvalue weighted by Gasteiger charge is 2.31. The molecule has 0 aliphatic carbocycles. The zero-order valence-electron chi connectivity index (χ0n) is 11.9. The second-order valence-corrected chi connectivity index (χ2v) is 7.03. The quantitative estimate of drug-likeness (QED) is 0.910. The highest BCUT2D eigenvalue weighted by molar-refractivity contribution is 7.14. The molecule has 0 saturated carbocycles. The van der Waals surface area contributed by atoms with E-state index in [9.17, 15) is 9.59 Å². The molecule has 6 heteroatoms. The summed E-state index contributed by atoms with van der Waals surface area (Å²) in [6.45, 7) is 6.78. The maximum absolute atomic E-state index is 12.0. The normalized spacial score (nSPS) is 19.1. The van der Waals surface area contributed by atoms with Crippen LogP contribution in [0.4, 0.5) is 4.79 Å². The van der Waals surface area contributed by atoms with Gasteiger partial charge in [-0.2, -0.15) is 0 Å². The first-order chi connectivity index (χ1) is 9.26. The maximum atomic E-state index is 12.0. The summed E-state index contributed by atoms with van der Waals surface area (Å²) in [5, 5.41) is 8.93. The van der Waals surface area contributed by atoms with E-state index >= 15 is 0 Å². The summed E-state index contributed by atoms with van der Waals surface area (Å²) in [5.74, 6) is -0.691. The SMILES string of the molecule is CC(C)(C)OC(=O)N1CCC(c2ccc(C(=O)O)s2)C1. The zero-order valence-corrected chi connectivity index (χ0v) is 12.7. The fraction of sp³-hybridized carbons (Fsp3) is 0.571. The van der Waals surface area contributed by atoms with Gasteiger partial charge in [0.25, 0.3) is 0 Å². The minimum absolute atomic E-state index is 0.209. The number of carbonyl (C=O) groups is 2. The second kappa shape index (κ2) is 5.44. The van der Waals surface area contributed by atoms with E-state index in [0.29, 0.717) is 18.0 Å². The average Bonchev–Trinajstić information content (AvgIpc) is 2.95. The molecule has 0 aromatic carbocycles. The summed E-state index contributed by atoms with van der Waals surface area (Å²) in [5.41, 5.74) is -0.491. The first kappa shape index (κ1) is 14.8. The minimum atomic E-state index is -0.900. The van der Waals surface area contributed by atoms with E-state index in [1.54, 1.807) is 11.0 Å². The summed E-state index contributed by atoms with van der Waals surface area (Å²) in [4.78, 5) is 25.9. The lowest BCUT2D eigenvalue weighted by Crippen LogP contribution is -2.35. The number of thiophene rings is 1. The monoisotopic (exact) mass is 297 g/mol. The van der Waals surface area contributed by atoms with E-state index in [1.807, 2.05) is 26.8 Å². The van der Waals surface area contributed by atoms with Gasteiger partial charge in [0.15, 0.2) is 0 Å². The maximum Gasteiger partial charge on any atom is 0.410 e. The number of hydrogen-bond acceptors (Lipinski definition) is 4. The van der Waals surface area contributed by atoms with E-state index in [-0.39, 0.29) is 12.0 Å². The molecule has 1 aliphatic rings. The molecule has 2 rings (SSSR count). The standard InChI is InChI=1S/C14H19NO4S/c1-14(2,3)19-13(18)15-7-6-9(8-15)10-4-5-11(20-10)12(16)17/h4-5,9H,6-8H2,1-3H3,(H,16,17). The Labute approximate surface area is 122 Å². The average molecular weight is 297 g/mol. The predicted octanol–water partition coefficient (Wildman–Crippen LogP) is 3.17. The van der Waals surface area contributed by atoms with Gasteiger partial charge in [0.2, 0.25) is 0 Å². The molecule has 0 bridgehead atoms. The fourth-order valence-corrected chi connectivity index (χ4v) is 3.14. The Balaban J connectivity index is 1.98. The van der Waals surface area contributed by atoms with Crippen molar-refractivity contribution in [3.05, 3.63) is 21.9 Å². The van der Waals surface area contributed by atoms with Gasteiger partial charge in [-0.15, -0.1) is 11.3 Å². The van der Waals surface area contributed by atoms with Crippen molar-refractivity contribution in [3.8, 4) is 0 Å². The number of nitrogens with zero attached hydrogens (tertiary/aromatic N) is 1. The lowest BCUT2D eigenvalue weighted by molar-refractivity contribution is 0.0292. The Kier molecular flexibility index (Phi) is 4.04. The van der Waals surface area contributed by atoms with Gasteiger partial charge in [0, 0.05) is 23.9 Å². The van der Waals surface area contributed by atoms with Crippen LogP contribution >= 0.6 is 11.3 Å². The van der Waals surface area contributed by atoms with E-state index < -0.39 is 11.6 Å². The molecule has 5 nitrogen and oxygen atoms in total. The predicted molar refractivity (Wildman–Crippen MR) is 76.4 cm³/mol. The van der Waals surface area contributed by atoms with Crippen LogP contribution in [-0.2, 0) is 4.74 Å². The number of ether oxygens (including phenoxy) is 1. The summed E-state index contributed by atoms with van der Waals surface area (Å²) in [6.07, 6.45) is 0.550. The third kappa shape index (κ3) is 3.50. The summed E-state index contributed by atoms with van der Waals surface area (Å²) >= 11 is 1.29. The van der Waals surface area contributed by atoms with Gasteiger partial charge in [-0.25, -0.2) is 9.59 Å². The van der Waals surface area contributed by atoms with Crippen LogP contribution in [0.5, 0.6) is 0 Å². The molecule has 1 atom stereocenters. The number of hydrogen-bond donors (Lipinski definition) is 1. The van der Waals surface area contributed by atoms with Crippen LogP contribution in [0.25, 0.3) is 0 Å². The molecule has 1 saturated heterocycles. The van der Waals surface area contributed by atoms with Crippen LogP contribution in [0, 0.1) is 0 Å². The van der Waals surface area contributed by atoms with Gasteiger partial charge in [-0.05, 0) is 39.3 Å². The Bertz CT molecular complexity index is 517. The lowest BCUT2D eigenvalue weighted by Gasteiger charge is -2.24. The van der Waals surface area contributed by atoms with Gasteiger partial charge in [0.05, 0.1) is 0 Å². The summed E-state index contributed by atoms with van der Waals surface area (Å²) in [7, 11) is 0. The van der Waals surface area contributed by atoms with Gasteiger partial charge >= 0.3 is 12.1 Å². The highest BCUT2D eigenvalue weighted by Crippen LogP contribution is 2.32. The Morgan fingerprint density at radius 2 is 2.10 bits per heavy atom. The van der Waals surface area contributed by atoms with Gasteiger partial charge in [0.1, 0.15) is 10.5 Å². The lowest BCUT2D eigenvalue weighted by atomic mass is 10.1. The Morgan fingerprint density at radius 1 is 1.40 bits per heavy atom. The third-order valence-electron chi connectivity index (χ3n) is 3.08. The van der Waals surface area contributed by atoms with E-state index in [1.165, 1.54) is 11.3 Å². The topological polar surface area (TPSA) is 66.8 Å². The molecule has 1 unspecified atom stereocenters. The van der Waals surface area contributed by atoms with Crippen molar-refractivity contribution in [2.24, 2.45) is 0 Å². The van der Waals surface area contributed by atoms with Gasteiger partial charge in [-0.3, -0.25) is 0 Å².